The van der Waals surface area contributed by atoms with E-state index in [4.69, 9.17) is 5.11 Å². The third kappa shape index (κ3) is 2.36. The van der Waals surface area contributed by atoms with Gasteiger partial charge in [-0.15, -0.1) is 0 Å². The fourth-order valence-electron chi connectivity index (χ4n) is 1.65. The first kappa shape index (κ1) is 11.4. The molecule has 0 bridgehead atoms. The van der Waals surface area contributed by atoms with E-state index in [2.05, 4.69) is 4.98 Å². The fraction of sp³-hybridized carbons (Fsp3) is 0.231. The molecule has 1 N–H and O–H groups in total. The number of rotatable bonds is 3. The molecule has 0 aliphatic carbocycles. The van der Waals surface area contributed by atoms with Gasteiger partial charge in [-0.1, -0.05) is 12.1 Å². The zero-order valence-electron chi connectivity index (χ0n) is 9.84. The van der Waals surface area contributed by atoms with Crippen LogP contribution >= 0.6 is 0 Å². The highest BCUT2D eigenvalue weighted by Crippen LogP contribution is 2.10. The highest BCUT2D eigenvalue weighted by molar-refractivity contribution is 5.87. The molecule has 0 fully saturated rings. The molecule has 0 aliphatic rings. The number of hydrogen-bond acceptors (Lipinski definition) is 2. The maximum Gasteiger partial charge on any atom is 0.335 e. The SMILES string of the molecule is Cc1ncn(Cc2ccc(C(=O)O)cc2)c1C. The average molecular weight is 230 g/mol. The molecule has 0 atom stereocenters. The molecule has 0 radical (unpaired) electrons. The van der Waals surface area contributed by atoms with Crippen molar-refractivity contribution >= 4 is 5.97 Å². The molecule has 0 amide bonds. The molecule has 4 nitrogen and oxygen atoms in total. The number of aromatic carboxylic acids is 1. The number of carboxylic acids is 1. The van der Waals surface area contributed by atoms with Gasteiger partial charge in [0.15, 0.2) is 0 Å². The van der Waals surface area contributed by atoms with Crippen molar-refractivity contribution in [1.82, 2.24) is 9.55 Å². The highest BCUT2D eigenvalue weighted by Gasteiger charge is 2.04. The van der Waals surface area contributed by atoms with Crippen LogP contribution in [0.3, 0.4) is 0 Å². The van der Waals surface area contributed by atoms with Gasteiger partial charge >= 0.3 is 5.97 Å². The second-order valence-corrected chi connectivity index (χ2v) is 4.05. The molecule has 0 spiro atoms. The molecule has 1 aromatic heterocycles. The van der Waals surface area contributed by atoms with Gasteiger partial charge in [-0.3, -0.25) is 0 Å². The lowest BCUT2D eigenvalue weighted by Crippen LogP contribution is -2.02. The van der Waals surface area contributed by atoms with Gasteiger partial charge < -0.3 is 9.67 Å². The van der Waals surface area contributed by atoms with Crippen molar-refractivity contribution in [3.63, 3.8) is 0 Å². The second kappa shape index (κ2) is 4.41. The first-order valence-electron chi connectivity index (χ1n) is 5.38. The van der Waals surface area contributed by atoms with Crippen molar-refractivity contribution in [3.05, 3.63) is 53.1 Å². The first-order valence-corrected chi connectivity index (χ1v) is 5.38. The number of aryl methyl sites for hydroxylation is 1. The normalized spacial score (nSPS) is 10.5. The van der Waals surface area contributed by atoms with E-state index in [0.717, 1.165) is 17.0 Å². The number of aromatic nitrogens is 2. The van der Waals surface area contributed by atoms with Crippen LogP contribution in [0.4, 0.5) is 0 Å². The Labute approximate surface area is 99.5 Å². The summed E-state index contributed by atoms with van der Waals surface area (Å²) in [6.07, 6.45) is 1.80. The zero-order chi connectivity index (χ0) is 12.4. The number of benzene rings is 1. The molecular formula is C13H14N2O2. The molecule has 88 valence electrons. The summed E-state index contributed by atoms with van der Waals surface area (Å²) in [6.45, 7) is 4.71. The third-order valence-corrected chi connectivity index (χ3v) is 2.90. The monoisotopic (exact) mass is 230 g/mol. The van der Waals surface area contributed by atoms with Gasteiger partial charge in [0.1, 0.15) is 0 Å². The Morgan fingerprint density at radius 3 is 2.41 bits per heavy atom. The number of nitrogens with zero attached hydrogens (tertiary/aromatic N) is 2. The van der Waals surface area contributed by atoms with E-state index in [1.165, 1.54) is 0 Å². The predicted molar refractivity (Wildman–Crippen MR) is 64.2 cm³/mol. The zero-order valence-corrected chi connectivity index (χ0v) is 9.84. The molecule has 1 heterocycles. The minimum atomic E-state index is -0.897. The summed E-state index contributed by atoms with van der Waals surface area (Å²) in [5.41, 5.74) is 3.53. The van der Waals surface area contributed by atoms with Gasteiger partial charge in [-0.25, -0.2) is 9.78 Å². The Balaban J connectivity index is 2.19. The van der Waals surface area contributed by atoms with Gasteiger partial charge in [-0.05, 0) is 31.5 Å². The van der Waals surface area contributed by atoms with Crippen molar-refractivity contribution in [2.45, 2.75) is 20.4 Å². The van der Waals surface area contributed by atoms with Crippen molar-refractivity contribution in [3.8, 4) is 0 Å². The van der Waals surface area contributed by atoms with Crippen LogP contribution in [0.2, 0.25) is 0 Å². The van der Waals surface area contributed by atoms with Crippen LogP contribution in [0, 0.1) is 13.8 Å². The molecule has 0 unspecified atom stereocenters. The van der Waals surface area contributed by atoms with Crippen molar-refractivity contribution < 1.29 is 9.90 Å². The maximum absolute atomic E-state index is 10.7. The Kier molecular flexibility index (Phi) is 2.95. The number of carboxylic acid groups (broad SMARTS) is 1. The van der Waals surface area contributed by atoms with E-state index in [-0.39, 0.29) is 0 Å². The quantitative estimate of drug-likeness (QED) is 0.879. The molecule has 0 saturated carbocycles. The van der Waals surface area contributed by atoms with Gasteiger partial charge in [0.05, 0.1) is 17.6 Å². The average Bonchev–Trinajstić information content (AvgIpc) is 2.62. The van der Waals surface area contributed by atoms with E-state index in [0.29, 0.717) is 12.1 Å². The van der Waals surface area contributed by atoms with Crippen molar-refractivity contribution in [2.24, 2.45) is 0 Å². The smallest absolute Gasteiger partial charge is 0.335 e. The van der Waals surface area contributed by atoms with E-state index >= 15 is 0 Å². The Morgan fingerprint density at radius 2 is 1.94 bits per heavy atom. The van der Waals surface area contributed by atoms with Crippen LogP contribution in [-0.2, 0) is 6.54 Å². The van der Waals surface area contributed by atoms with Crippen molar-refractivity contribution in [1.29, 1.82) is 0 Å². The molecule has 17 heavy (non-hydrogen) atoms. The lowest BCUT2D eigenvalue weighted by atomic mass is 10.1. The number of imidazole rings is 1. The molecule has 1 aromatic carbocycles. The van der Waals surface area contributed by atoms with Crippen LogP contribution in [0.5, 0.6) is 0 Å². The van der Waals surface area contributed by atoms with E-state index in [9.17, 15) is 4.79 Å². The van der Waals surface area contributed by atoms with Crippen LogP contribution in [0.25, 0.3) is 0 Å². The predicted octanol–water partition coefficient (Wildman–Crippen LogP) is 2.25. The molecule has 2 rings (SSSR count). The van der Waals surface area contributed by atoms with Crippen LogP contribution in [0.15, 0.2) is 30.6 Å². The van der Waals surface area contributed by atoms with E-state index < -0.39 is 5.97 Å². The van der Waals surface area contributed by atoms with Crippen LogP contribution in [0.1, 0.15) is 27.3 Å². The molecule has 0 aliphatic heterocycles. The minimum Gasteiger partial charge on any atom is -0.478 e. The number of hydrogen-bond donors (Lipinski definition) is 1. The summed E-state index contributed by atoms with van der Waals surface area (Å²) >= 11 is 0. The van der Waals surface area contributed by atoms with Gasteiger partial charge in [0.2, 0.25) is 0 Å². The summed E-state index contributed by atoms with van der Waals surface area (Å²) in [5, 5.41) is 8.80. The Morgan fingerprint density at radius 1 is 1.29 bits per heavy atom. The summed E-state index contributed by atoms with van der Waals surface area (Å²) < 4.78 is 2.05. The van der Waals surface area contributed by atoms with Crippen LogP contribution < -0.4 is 0 Å². The first-order chi connectivity index (χ1) is 8.08. The molecule has 4 heteroatoms. The summed E-state index contributed by atoms with van der Waals surface area (Å²) in [7, 11) is 0. The number of carbonyl (C=O) groups is 1. The highest BCUT2D eigenvalue weighted by atomic mass is 16.4. The van der Waals surface area contributed by atoms with Gasteiger partial charge in [0.25, 0.3) is 0 Å². The topological polar surface area (TPSA) is 55.1 Å². The largest absolute Gasteiger partial charge is 0.478 e. The maximum atomic E-state index is 10.7. The summed E-state index contributed by atoms with van der Waals surface area (Å²) in [6, 6.07) is 6.91. The van der Waals surface area contributed by atoms with Gasteiger partial charge in [0, 0.05) is 12.2 Å². The van der Waals surface area contributed by atoms with Gasteiger partial charge in [-0.2, -0.15) is 0 Å². The molecular weight excluding hydrogens is 216 g/mol. The lowest BCUT2D eigenvalue weighted by molar-refractivity contribution is 0.0697. The fourth-order valence-corrected chi connectivity index (χ4v) is 1.65. The van der Waals surface area contributed by atoms with E-state index in [1.807, 2.05) is 30.5 Å². The lowest BCUT2D eigenvalue weighted by Gasteiger charge is -2.06. The Hall–Kier alpha value is -2.10. The minimum absolute atomic E-state index is 0.312. The van der Waals surface area contributed by atoms with E-state index in [1.54, 1.807) is 18.5 Å². The summed E-state index contributed by atoms with van der Waals surface area (Å²) in [4.78, 5) is 14.9. The standard InChI is InChI=1S/C13H14N2O2/c1-9-10(2)15(8-14-9)7-11-3-5-12(6-4-11)13(16)17/h3-6,8H,7H2,1-2H3,(H,16,17). The van der Waals surface area contributed by atoms with Crippen molar-refractivity contribution in [2.75, 3.05) is 0 Å². The third-order valence-electron chi connectivity index (χ3n) is 2.90. The Bertz CT molecular complexity index is 541. The molecule has 2 aromatic rings. The summed E-state index contributed by atoms with van der Waals surface area (Å²) in [5.74, 6) is -0.897. The second-order valence-electron chi connectivity index (χ2n) is 4.05. The van der Waals surface area contributed by atoms with Crippen LogP contribution in [-0.4, -0.2) is 20.6 Å². The molecule has 0 saturated heterocycles.